The zero-order valence-corrected chi connectivity index (χ0v) is 13.8. The molecule has 1 fully saturated rings. The van der Waals surface area contributed by atoms with Crippen molar-refractivity contribution in [3.63, 3.8) is 0 Å². The quantitative estimate of drug-likeness (QED) is 0.737. The standard InChI is InChI=1S/C20H19N3O2/c24-20(16-6-8-17(9-7-16)22-12-3-4-13-22)23-14-10-18(15-23)25-19-5-1-2-11-21-19/h1-9,11-13,18H,10,14-15H2. The van der Waals surface area contributed by atoms with Gasteiger partial charge in [-0.1, -0.05) is 6.07 Å². The van der Waals surface area contributed by atoms with Gasteiger partial charge in [0.1, 0.15) is 6.10 Å². The number of carbonyl (C=O) groups excluding carboxylic acids is 1. The average molecular weight is 333 g/mol. The topological polar surface area (TPSA) is 47.4 Å². The molecule has 1 aromatic carbocycles. The molecular weight excluding hydrogens is 314 g/mol. The molecule has 0 N–H and O–H groups in total. The molecule has 1 unspecified atom stereocenters. The number of ether oxygens (including phenoxy) is 1. The number of pyridine rings is 1. The number of benzene rings is 1. The van der Waals surface area contributed by atoms with Crippen LogP contribution in [0.2, 0.25) is 0 Å². The number of likely N-dealkylation sites (tertiary alicyclic amines) is 1. The van der Waals surface area contributed by atoms with E-state index in [0.29, 0.717) is 24.5 Å². The number of amides is 1. The summed E-state index contributed by atoms with van der Waals surface area (Å²) in [5, 5.41) is 0. The lowest BCUT2D eigenvalue weighted by Gasteiger charge is -2.17. The molecule has 3 heterocycles. The molecule has 0 saturated carbocycles. The van der Waals surface area contributed by atoms with Gasteiger partial charge in [0.05, 0.1) is 6.54 Å². The minimum Gasteiger partial charge on any atom is -0.472 e. The van der Waals surface area contributed by atoms with E-state index in [1.807, 2.05) is 76.5 Å². The lowest BCUT2D eigenvalue weighted by Crippen LogP contribution is -2.31. The number of nitrogens with zero attached hydrogens (tertiary/aromatic N) is 3. The van der Waals surface area contributed by atoms with Crippen LogP contribution in [0.4, 0.5) is 0 Å². The first-order valence-electron chi connectivity index (χ1n) is 8.40. The maximum absolute atomic E-state index is 12.7. The monoisotopic (exact) mass is 333 g/mol. The minimum absolute atomic E-state index is 0.00185. The third kappa shape index (κ3) is 3.40. The van der Waals surface area contributed by atoms with Gasteiger partial charge in [-0.2, -0.15) is 0 Å². The molecule has 0 bridgehead atoms. The number of carbonyl (C=O) groups is 1. The Morgan fingerprint density at radius 3 is 2.56 bits per heavy atom. The fraction of sp³-hybridized carbons (Fsp3) is 0.200. The van der Waals surface area contributed by atoms with E-state index in [1.165, 1.54) is 0 Å². The molecule has 1 amide bonds. The second-order valence-corrected chi connectivity index (χ2v) is 6.08. The van der Waals surface area contributed by atoms with E-state index in [0.717, 1.165) is 12.1 Å². The Morgan fingerprint density at radius 2 is 1.84 bits per heavy atom. The Bertz CT molecular complexity index is 829. The van der Waals surface area contributed by atoms with Crippen molar-refractivity contribution in [2.75, 3.05) is 13.1 Å². The van der Waals surface area contributed by atoms with Crippen LogP contribution < -0.4 is 4.74 Å². The molecule has 4 rings (SSSR count). The SMILES string of the molecule is O=C(c1ccc(-n2cccc2)cc1)N1CCC(Oc2ccccn2)C1. The van der Waals surface area contributed by atoms with Crippen molar-refractivity contribution in [2.24, 2.45) is 0 Å². The summed E-state index contributed by atoms with van der Waals surface area (Å²) < 4.78 is 7.87. The average Bonchev–Trinajstić information content (AvgIpc) is 3.34. The van der Waals surface area contributed by atoms with Gasteiger partial charge in [0.25, 0.3) is 5.91 Å². The van der Waals surface area contributed by atoms with Gasteiger partial charge >= 0.3 is 0 Å². The van der Waals surface area contributed by atoms with Crippen LogP contribution in [0, 0.1) is 0 Å². The Hall–Kier alpha value is -3.08. The van der Waals surface area contributed by atoms with Crippen molar-refractivity contribution in [2.45, 2.75) is 12.5 Å². The highest BCUT2D eigenvalue weighted by atomic mass is 16.5. The Morgan fingerprint density at radius 1 is 1.04 bits per heavy atom. The van der Waals surface area contributed by atoms with Crippen molar-refractivity contribution >= 4 is 5.91 Å². The molecule has 0 aliphatic carbocycles. The van der Waals surface area contributed by atoms with Crippen molar-refractivity contribution in [3.05, 3.63) is 78.8 Å². The van der Waals surface area contributed by atoms with Crippen molar-refractivity contribution in [1.29, 1.82) is 0 Å². The normalized spacial score (nSPS) is 16.8. The van der Waals surface area contributed by atoms with E-state index < -0.39 is 0 Å². The van der Waals surface area contributed by atoms with Crippen molar-refractivity contribution in [3.8, 4) is 11.6 Å². The van der Waals surface area contributed by atoms with Gasteiger partial charge in [-0.3, -0.25) is 4.79 Å². The molecular formula is C20H19N3O2. The molecule has 1 saturated heterocycles. The second kappa shape index (κ2) is 6.81. The van der Waals surface area contributed by atoms with E-state index >= 15 is 0 Å². The van der Waals surface area contributed by atoms with Crippen LogP contribution in [0.1, 0.15) is 16.8 Å². The zero-order valence-electron chi connectivity index (χ0n) is 13.8. The largest absolute Gasteiger partial charge is 0.472 e. The predicted octanol–water partition coefficient (Wildman–Crippen LogP) is 3.17. The summed E-state index contributed by atoms with van der Waals surface area (Å²) in [5.41, 5.74) is 1.74. The summed E-state index contributed by atoms with van der Waals surface area (Å²) in [6, 6.07) is 17.2. The van der Waals surface area contributed by atoms with Gasteiger partial charge < -0.3 is 14.2 Å². The van der Waals surface area contributed by atoms with Gasteiger partial charge in [-0.05, 0) is 42.5 Å². The third-order valence-electron chi connectivity index (χ3n) is 4.37. The summed E-state index contributed by atoms with van der Waals surface area (Å²) >= 11 is 0. The molecule has 5 heteroatoms. The molecule has 1 aliphatic rings. The Kier molecular flexibility index (Phi) is 4.21. The number of hydrogen-bond acceptors (Lipinski definition) is 3. The van der Waals surface area contributed by atoms with Gasteiger partial charge in [-0.25, -0.2) is 4.98 Å². The van der Waals surface area contributed by atoms with E-state index in [1.54, 1.807) is 6.20 Å². The van der Waals surface area contributed by atoms with Crippen LogP contribution in [-0.4, -0.2) is 39.6 Å². The van der Waals surface area contributed by atoms with E-state index in [4.69, 9.17) is 4.74 Å². The highest BCUT2D eigenvalue weighted by molar-refractivity contribution is 5.94. The fourth-order valence-electron chi connectivity index (χ4n) is 3.06. The molecule has 1 aliphatic heterocycles. The summed E-state index contributed by atoms with van der Waals surface area (Å²) in [5.74, 6) is 0.657. The van der Waals surface area contributed by atoms with Crippen LogP contribution in [-0.2, 0) is 0 Å². The maximum Gasteiger partial charge on any atom is 0.253 e. The minimum atomic E-state index is -0.00185. The summed E-state index contributed by atoms with van der Waals surface area (Å²) in [7, 11) is 0. The van der Waals surface area contributed by atoms with Crippen molar-refractivity contribution < 1.29 is 9.53 Å². The molecule has 0 radical (unpaired) electrons. The van der Waals surface area contributed by atoms with E-state index in [2.05, 4.69) is 4.98 Å². The highest BCUT2D eigenvalue weighted by Gasteiger charge is 2.28. The van der Waals surface area contributed by atoms with Crippen LogP contribution in [0.25, 0.3) is 5.69 Å². The van der Waals surface area contributed by atoms with Crippen LogP contribution >= 0.6 is 0 Å². The van der Waals surface area contributed by atoms with Crippen LogP contribution in [0.3, 0.4) is 0 Å². The maximum atomic E-state index is 12.7. The second-order valence-electron chi connectivity index (χ2n) is 6.08. The lowest BCUT2D eigenvalue weighted by atomic mass is 10.2. The van der Waals surface area contributed by atoms with E-state index in [-0.39, 0.29) is 12.0 Å². The Balaban J connectivity index is 1.40. The first-order chi connectivity index (χ1) is 12.3. The number of aromatic nitrogens is 2. The highest BCUT2D eigenvalue weighted by Crippen LogP contribution is 2.19. The number of rotatable bonds is 4. The van der Waals surface area contributed by atoms with Gasteiger partial charge in [-0.15, -0.1) is 0 Å². The third-order valence-corrected chi connectivity index (χ3v) is 4.37. The first-order valence-corrected chi connectivity index (χ1v) is 8.40. The zero-order chi connectivity index (χ0) is 17.1. The summed E-state index contributed by atoms with van der Waals surface area (Å²) in [4.78, 5) is 18.7. The molecule has 126 valence electrons. The van der Waals surface area contributed by atoms with Gasteiger partial charge in [0.2, 0.25) is 5.88 Å². The molecule has 3 aromatic rings. The van der Waals surface area contributed by atoms with E-state index in [9.17, 15) is 4.79 Å². The lowest BCUT2D eigenvalue weighted by molar-refractivity contribution is 0.0771. The van der Waals surface area contributed by atoms with Gasteiger partial charge in [0, 0.05) is 48.9 Å². The van der Waals surface area contributed by atoms with Crippen LogP contribution in [0.5, 0.6) is 5.88 Å². The van der Waals surface area contributed by atoms with Crippen LogP contribution in [0.15, 0.2) is 73.2 Å². The first kappa shape index (κ1) is 15.4. The molecule has 2 aromatic heterocycles. The molecule has 25 heavy (non-hydrogen) atoms. The molecule has 0 spiro atoms. The number of hydrogen-bond donors (Lipinski definition) is 0. The summed E-state index contributed by atoms with van der Waals surface area (Å²) in [6.07, 6.45) is 6.50. The Labute approximate surface area is 146 Å². The summed E-state index contributed by atoms with van der Waals surface area (Å²) in [6.45, 7) is 1.30. The van der Waals surface area contributed by atoms with Crippen molar-refractivity contribution in [1.82, 2.24) is 14.5 Å². The fourth-order valence-corrected chi connectivity index (χ4v) is 3.06. The predicted molar refractivity (Wildman–Crippen MR) is 94.9 cm³/mol. The smallest absolute Gasteiger partial charge is 0.253 e. The molecule has 5 nitrogen and oxygen atoms in total. The van der Waals surface area contributed by atoms with Gasteiger partial charge in [0.15, 0.2) is 0 Å². The molecule has 1 atom stereocenters.